The molecule has 80 valence electrons. The van der Waals surface area contributed by atoms with Crippen molar-refractivity contribution in [1.82, 2.24) is 0 Å². The zero-order valence-corrected chi connectivity index (χ0v) is 8.70. The first-order chi connectivity index (χ1) is 6.77. The highest BCUT2D eigenvalue weighted by molar-refractivity contribution is 5.72. The standard InChI is InChI=1S/C11H18O3/c1-2-14-11(13)10-5-3-9(4-6-10)7-8-12/h8-10H,2-7H2,1H3. The molecule has 0 radical (unpaired) electrons. The highest BCUT2D eigenvalue weighted by atomic mass is 16.5. The molecular weight excluding hydrogens is 180 g/mol. The Morgan fingerprint density at radius 2 is 2.00 bits per heavy atom. The second kappa shape index (κ2) is 5.78. The first kappa shape index (κ1) is 11.2. The molecule has 0 aromatic rings. The van der Waals surface area contributed by atoms with Crippen molar-refractivity contribution in [1.29, 1.82) is 0 Å². The topological polar surface area (TPSA) is 43.4 Å². The number of hydrogen-bond acceptors (Lipinski definition) is 3. The Balaban J connectivity index is 2.27. The number of rotatable bonds is 4. The summed E-state index contributed by atoms with van der Waals surface area (Å²) >= 11 is 0. The molecule has 0 amide bonds. The summed E-state index contributed by atoms with van der Waals surface area (Å²) < 4.78 is 4.97. The SMILES string of the molecule is CCOC(=O)C1CCC(CC=O)CC1. The maximum absolute atomic E-state index is 11.4. The average Bonchev–Trinajstić information content (AvgIpc) is 2.20. The van der Waals surface area contributed by atoms with Gasteiger partial charge in [-0.15, -0.1) is 0 Å². The fourth-order valence-electron chi connectivity index (χ4n) is 2.03. The lowest BCUT2D eigenvalue weighted by Gasteiger charge is -2.25. The Morgan fingerprint density at radius 3 is 2.50 bits per heavy atom. The molecule has 1 saturated carbocycles. The minimum atomic E-state index is -0.0583. The summed E-state index contributed by atoms with van der Waals surface area (Å²) in [6.07, 6.45) is 5.38. The van der Waals surface area contributed by atoms with Crippen molar-refractivity contribution in [3.63, 3.8) is 0 Å². The molecule has 0 aromatic carbocycles. The summed E-state index contributed by atoms with van der Waals surface area (Å²) in [4.78, 5) is 21.7. The van der Waals surface area contributed by atoms with Gasteiger partial charge in [0.15, 0.2) is 0 Å². The molecule has 0 N–H and O–H groups in total. The smallest absolute Gasteiger partial charge is 0.308 e. The van der Waals surface area contributed by atoms with Crippen molar-refractivity contribution in [2.45, 2.75) is 39.0 Å². The summed E-state index contributed by atoms with van der Waals surface area (Å²) in [5.41, 5.74) is 0. The van der Waals surface area contributed by atoms with Crippen LogP contribution in [0.15, 0.2) is 0 Å². The molecule has 1 fully saturated rings. The van der Waals surface area contributed by atoms with Gasteiger partial charge >= 0.3 is 5.97 Å². The fraction of sp³-hybridized carbons (Fsp3) is 0.818. The third kappa shape index (κ3) is 3.13. The van der Waals surface area contributed by atoms with Crippen molar-refractivity contribution in [3.8, 4) is 0 Å². The summed E-state index contributed by atoms with van der Waals surface area (Å²) in [6, 6.07) is 0. The van der Waals surface area contributed by atoms with Crippen LogP contribution in [-0.2, 0) is 14.3 Å². The molecule has 0 aliphatic heterocycles. The molecule has 0 unspecified atom stereocenters. The highest BCUT2D eigenvalue weighted by Crippen LogP contribution is 2.30. The summed E-state index contributed by atoms with van der Waals surface area (Å²) in [6.45, 7) is 2.29. The van der Waals surface area contributed by atoms with E-state index in [1.165, 1.54) is 0 Å². The molecule has 1 rings (SSSR count). The number of ether oxygens (including phenoxy) is 1. The van der Waals surface area contributed by atoms with Gasteiger partial charge in [-0.3, -0.25) is 4.79 Å². The molecule has 0 heterocycles. The van der Waals surface area contributed by atoms with E-state index in [2.05, 4.69) is 0 Å². The van der Waals surface area contributed by atoms with Gasteiger partial charge in [-0.25, -0.2) is 0 Å². The predicted molar refractivity (Wildman–Crippen MR) is 52.8 cm³/mol. The first-order valence-electron chi connectivity index (χ1n) is 5.38. The van der Waals surface area contributed by atoms with E-state index >= 15 is 0 Å². The largest absolute Gasteiger partial charge is 0.466 e. The third-order valence-corrected chi connectivity index (χ3v) is 2.90. The maximum atomic E-state index is 11.4. The lowest BCUT2D eigenvalue weighted by Crippen LogP contribution is -2.23. The molecule has 0 aromatic heterocycles. The van der Waals surface area contributed by atoms with E-state index in [9.17, 15) is 9.59 Å². The first-order valence-corrected chi connectivity index (χ1v) is 5.38. The minimum Gasteiger partial charge on any atom is -0.466 e. The third-order valence-electron chi connectivity index (χ3n) is 2.90. The normalized spacial score (nSPS) is 26.9. The van der Waals surface area contributed by atoms with Crippen LogP contribution in [0.4, 0.5) is 0 Å². The Labute approximate surface area is 84.8 Å². The van der Waals surface area contributed by atoms with Gasteiger partial charge in [-0.05, 0) is 38.5 Å². The Bertz CT molecular complexity index is 193. The van der Waals surface area contributed by atoms with Crippen molar-refractivity contribution in [2.75, 3.05) is 6.61 Å². The molecule has 14 heavy (non-hydrogen) atoms. The molecule has 1 aliphatic rings. The van der Waals surface area contributed by atoms with Crippen molar-refractivity contribution in [3.05, 3.63) is 0 Å². The van der Waals surface area contributed by atoms with Crippen LogP contribution in [0.3, 0.4) is 0 Å². The second-order valence-electron chi connectivity index (χ2n) is 3.87. The van der Waals surface area contributed by atoms with Crippen LogP contribution < -0.4 is 0 Å². The zero-order chi connectivity index (χ0) is 10.4. The fourth-order valence-corrected chi connectivity index (χ4v) is 2.03. The van der Waals surface area contributed by atoms with Crippen LogP contribution >= 0.6 is 0 Å². The molecule has 3 nitrogen and oxygen atoms in total. The number of hydrogen-bond donors (Lipinski definition) is 0. The Morgan fingerprint density at radius 1 is 1.36 bits per heavy atom. The molecule has 3 heteroatoms. The van der Waals surface area contributed by atoms with E-state index in [4.69, 9.17) is 4.74 Å². The summed E-state index contributed by atoms with van der Waals surface area (Å²) in [5.74, 6) is 0.521. The lowest BCUT2D eigenvalue weighted by atomic mass is 9.81. The van der Waals surface area contributed by atoms with Gasteiger partial charge in [0.25, 0.3) is 0 Å². The molecule has 0 bridgehead atoms. The quantitative estimate of drug-likeness (QED) is 0.512. The van der Waals surface area contributed by atoms with Crippen molar-refractivity contribution in [2.24, 2.45) is 11.8 Å². The van der Waals surface area contributed by atoms with Gasteiger partial charge in [-0.2, -0.15) is 0 Å². The number of carbonyl (C=O) groups is 2. The molecule has 0 spiro atoms. The van der Waals surface area contributed by atoms with Crippen molar-refractivity contribution < 1.29 is 14.3 Å². The van der Waals surface area contributed by atoms with Crippen molar-refractivity contribution >= 4 is 12.3 Å². The zero-order valence-electron chi connectivity index (χ0n) is 8.70. The van der Waals surface area contributed by atoms with Crippen LogP contribution in [0.25, 0.3) is 0 Å². The highest BCUT2D eigenvalue weighted by Gasteiger charge is 2.26. The minimum absolute atomic E-state index is 0.0583. The van der Waals surface area contributed by atoms with E-state index in [1.54, 1.807) is 0 Å². The van der Waals surface area contributed by atoms with Gasteiger partial charge in [0.1, 0.15) is 6.29 Å². The lowest BCUT2D eigenvalue weighted by molar-refractivity contribution is -0.149. The molecule has 0 saturated heterocycles. The number of aldehydes is 1. The van der Waals surface area contributed by atoms with E-state index in [-0.39, 0.29) is 11.9 Å². The van der Waals surface area contributed by atoms with E-state index in [0.29, 0.717) is 18.9 Å². The van der Waals surface area contributed by atoms with Crippen LogP contribution in [0.5, 0.6) is 0 Å². The Hall–Kier alpha value is -0.860. The average molecular weight is 198 g/mol. The van der Waals surface area contributed by atoms with E-state index < -0.39 is 0 Å². The van der Waals surface area contributed by atoms with Gasteiger partial charge in [0, 0.05) is 6.42 Å². The van der Waals surface area contributed by atoms with Gasteiger partial charge in [0.2, 0.25) is 0 Å². The van der Waals surface area contributed by atoms with E-state index in [1.807, 2.05) is 6.92 Å². The number of esters is 1. The van der Waals surface area contributed by atoms with Crippen LogP contribution in [0.1, 0.15) is 39.0 Å². The van der Waals surface area contributed by atoms with Crippen LogP contribution in [0.2, 0.25) is 0 Å². The second-order valence-corrected chi connectivity index (χ2v) is 3.87. The monoisotopic (exact) mass is 198 g/mol. The predicted octanol–water partition coefficient (Wildman–Crippen LogP) is 1.94. The van der Waals surface area contributed by atoms with Crippen LogP contribution in [0, 0.1) is 11.8 Å². The molecule has 1 aliphatic carbocycles. The van der Waals surface area contributed by atoms with Gasteiger partial charge in [0.05, 0.1) is 12.5 Å². The molecular formula is C11H18O3. The summed E-state index contributed by atoms with van der Waals surface area (Å²) in [7, 11) is 0. The Kier molecular flexibility index (Phi) is 4.63. The van der Waals surface area contributed by atoms with Gasteiger partial charge in [-0.1, -0.05) is 0 Å². The molecule has 0 atom stereocenters. The van der Waals surface area contributed by atoms with Gasteiger partial charge < -0.3 is 9.53 Å². The van der Waals surface area contributed by atoms with Crippen LogP contribution in [-0.4, -0.2) is 18.9 Å². The number of carbonyl (C=O) groups excluding carboxylic acids is 2. The summed E-state index contributed by atoms with van der Waals surface area (Å²) in [5, 5.41) is 0. The van der Waals surface area contributed by atoms with E-state index in [0.717, 1.165) is 32.0 Å². The maximum Gasteiger partial charge on any atom is 0.308 e.